The largest absolute Gasteiger partial charge is 0.494 e. The second-order valence-corrected chi connectivity index (χ2v) is 7.06. The van der Waals surface area contributed by atoms with Crippen molar-refractivity contribution < 1.29 is 14.3 Å². The molecule has 0 radical (unpaired) electrons. The van der Waals surface area contributed by atoms with Gasteiger partial charge in [0.2, 0.25) is 11.8 Å². The fraction of sp³-hybridized carbons (Fsp3) is 0.500. The van der Waals surface area contributed by atoms with E-state index in [0.717, 1.165) is 25.0 Å². The van der Waals surface area contributed by atoms with E-state index >= 15 is 0 Å². The number of unbranched alkanes of at least 4 members (excludes halogenated alkanes) is 2. The number of carbonyl (C=O) groups excluding carboxylic acids is 2. The van der Waals surface area contributed by atoms with Gasteiger partial charge in [-0.1, -0.05) is 31.9 Å². The molecule has 1 saturated carbocycles. The smallest absolute Gasteiger partial charge is 0.238 e. The lowest BCUT2D eigenvalue weighted by Gasteiger charge is -2.17. The summed E-state index contributed by atoms with van der Waals surface area (Å²) in [6.45, 7) is 2.86. The van der Waals surface area contributed by atoms with Crippen molar-refractivity contribution >= 4 is 17.5 Å². The minimum Gasteiger partial charge on any atom is -0.494 e. The van der Waals surface area contributed by atoms with Crippen LogP contribution in [0.15, 0.2) is 36.4 Å². The van der Waals surface area contributed by atoms with E-state index in [1.165, 1.54) is 11.3 Å². The lowest BCUT2D eigenvalue weighted by molar-refractivity contribution is -0.123. The number of imide groups is 1. The van der Waals surface area contributed by atoms with Crippen LogP contribution in [0.1, 0.15) is 32.6 Å². The highest BCUT2D eigenvalue weighted by Gasteiger charge is 2.59. The molecule has 1 saturated heterocycles. The molecule has 1 aliphatic heterocycles. The van der Waals surface area contributed by atoms with Crippen LogP contribution in [0.4, 0.5) is 5.69 Å². The van der Waals surface area contributed by atoms with Crippen LogP contribution >= 0.6 is 0 Å². The van der Waals surface area contributed by atoms with Crippen LogP contribution in [0.25, 0.3) is 0 Å². The number of hydrogen-bond acceptors (Lipinski definition) is 3. The molecule has 24 heavy (non-hydrogen) atoms. The molecule has 4 nitrogen and oxygen atoms in total. The highest BCUT2D eigenvalue weighted by atomic mass is 16.5. The number of rotatable bonds is 6. The molecule has 1 aromatic rings. The molecule has 1 heterocycles. The number of amides is 2. The molecule has 4 atom stereocenters. The van der Waals surface area contributed by atoms with E-state index in [-0.39, 0.29) is 35.5 Å². The lowest BCUT2D eigenvalue weighted by atomic mass is 9.85. The van der Waals surface area contributed by atoms with Crippen LogP contribution in [0, 0.1) is 23.7 Å². The third kappa shape index (κ3) is 2.36. The Hall–Kier alpha value is -2.10. The second kappa shape index (κ2) is 6.08. The summed E-state index contributed by atoms with van der Waals surface area (Å²) in [4.78, 5) is 26.9. The van der Waals surface area contributed by atoms with E-state index in [1.54, 1.807) is 0 Å². The Bertz CT molecular complexity index is 649. The Labute approximate surface area is 142 Å². The summed E-state index contributed by atoms with van der Waals surface area (Å²) in [5, 5.41) is 0. The van der Waals surface area contributed by atoms with Gasteiger partial charge in [-0.05, 0) is 48.9 Å². The molecule has 126 valence electrons. The molecule has 1 aromatic carbocycles. The molecular formula is C20H23NO3. The molecule has 0 unspecified atom stereocenters. The Morgan fingerprint density at radius 2 is 1.62 bits per heavy atom. The van der Waals surface area contributed by atoms with Crippen LogP contribution < -0.4 is 9.64 Å². The average Bonchev–Trinajstić information content (AvgIpc) is 3.27. The molecule has 2 aliphatic carbocycles. The summed E-state index contributed by atoms with van der Waals surface area (Å²) in [6.07, 6.45) is 8.57. The van der Waals surface area contributed by atoms with Gasteiger partial charge < -0.3 is 4.74 Å². The normalized spacial score (nSPS) is 30.3. The minimum absolute atomic E-state index is 0.0292. The Morgan fingerprint density at radius 1 is 1.00 bits per heavy atom. The number of allylic oxidation sites excluding steroid dienone is 2. The summed E-state index contributed by atoms with van der Waals surface area (Å²) < 4.78 is 5.70. The fourth-order valence-electron chi connectivity index (χ4n) is 4.39. The molecule has 3 aliphatic rings. The van der Waals surface area contributed by atoms with Crippen molar-refractivity contribution in [1.82, 2.24) is 0 Å². The Kier molecular flexibility index (Phi) is 3.91. The zero-order valence-corrected chi connectivity index (χ0v) is 14.0. The first-order chi connectivity index (χ1) is 11.7. The number of carbonyl (C=O) groups is 2. The van der Waals surface area contributed by atoms with Gasteiger partial charge in [-0.25, -0.2) is 0 Å². The lowest BCUT2D eigenvalue weighted by Crippen LogP contribution is -2.32. The monoisotopic (exact) mass is 325 g/mol. The fourth-order valence-corrected chi connectivity index (χ4v) is 4.39. The van der Waals surface area contributed by atoms with Crippen LogP contribution in [-0.4, -0.2) is 18.4 Å². The maximum atomic E-state index is 12.8. The van der Waals surface area contributed by atoms with E-state index in [4.69, 9.17) is 4.74 Å². The SMILES string of the molecule is CCCCCOc1ccc(N2C(=O)[C@@H]3[C@@H](C2=O)[C@H]2C=C[C@H]3C2)cc1. The third-order valence-corrected chi connectivity index (χ3v) is 5.58. The molecule has 0 N–H and O–H groups in total. The van der Waals surface area contributed by atoms with Gasteiger partial charge >= 0.3 is 0 Å². The number of ether oxygens (including phenoxy) is 1. The topological polar surface area (TPSA) is 46.6 Å². The standard InChI is InChI=1S/C20H23NO3/c1-2-3-4-11-24-16-9-7-15(8-10-16)21-19(22)17-13-5-6-14(12-13)18(17)20(21)23/h5-10,13-14,17-18H,2-4,11-12H2,1H3/t13-,14-,17-,18-/m0/s1. The van der Waals surface area contributed by atoms with Crippen molar-refractivity contribution in [2.75, 3.05) is 11.5 Å². The summed E-state index contributed by atoms with van der Waals surface area (Å²) in [5.74, 6) is 0.952. The maximum absolute atomic E-state index is 12.8. The Balaban J connectivity index is 1.47. The van der Waals surface area contributed by atoms with Gasteiger partial charge in [-0.2, -0.15) is 0 Å². The van der Waals surface area contributed by atoms with Crippen molar-refractivity contribution in [3.05, 3.63) is 36.4 Å². The second-order valence-electron chi connectivity index (χ2n) is 7.06. The van der Waals surface area contributed by atoms with Crippen molar-refractivity contribution in [3.8, 4) is 5.75 Å². The van der Waals surface area contributed by atoms with Gasteiger partial charge in [0.25, 0.3) is 0 Å². The van der Waals surface area contributed by atoms with Gasteiger partial charge in [0, 0.05) is 0 Å². The number of fused-ring (bicyclic) bond motifs is 5. The molecule has 4 rings (SSSR count). The zero-order valence-electron chi connectivity index (χ0n) is 14.0. The van der Waals surface area contributed by atoms with Crippen molar-refractivity contribution in [3.63, 3.8) is 0 Å². The number of anilines is 1. The van der Waals surface area contributed by atoms with Gasteiger partial charge in [-0.3, -0.25) is 14.5 Å². The van der Waals surface area contributed by atoms with E-state index < -0.39 is 0 Å². The average molecular weight is 325 g/mol. The quantitative estimate of drug-likeness (QED) is 0.456. The maximum Gasteiger partial charge on any atom is 0.238 e. The van der Waals surface area contributed by atoms with Gasteiger partial charge in [0.05, 0.1) is 24.1 Å². The van der Waals surface area contributed by atoms with Crippen molar-refractivity contribution in [2.45, 2.75) is 32.6 Å². The first-order valence-corrected chi connectivity index (χ1v) is 8.99. The minimum atomic E-state index is -0.141. The van der Waals surface area contributed by atoms with Crippen LogP contribution in [-0.2, 0) is 9.59 Å². The first-order valence-electron chi connectivity index (χ1n) is 8.99. The molecule has 0 spiro atoms. The predicted molar refractivity (Wildman–Crippen MR) is 91.7 cm³/mol. The summed E-state index contributed by atoms with van der Waals surface area (Å²) in [6, 6.07) is 7.34. The van der Waals surface area contributed by atoms with E-state index in [0.29, 0.717) is 12.3 Å². The van der Waals surface area contributed by atoms with Crippen molar-refractivity contribution in [2.24, 2.45) is 23.7 Å². The third-order valence-electron chi connectivity index (χ3n) is 5.58. The first kappa shape index (κ1) is 15.4. The Morgan fingerprint density at radius 3 is 2.21 bits per heavy atom. The van der Waals surface area contributed by atoms with E-state index in [9.17, 15) is 9.59 Å². The zero-order chi connectivity index (χ0) is 16.7. The molecule has 2 bridgehead atoms. The molecule has 2 fully saturated rings. The predicted octanol–water partition coefficient (Wildman–Crippen LogP) is 3.57. The molecule has 4 heteroatoms. The summed E-state index contributed by atoms with van der Waals surface area (Å²) >= 11 is 0. The summed E-state index contributed by atoms with van der Waals surface area (Å²) in [7, 11) is 0. The van der Waals surface area contributed by atoms with Crippen LogP contribution in [0.3, 0.4) is 0 Å². The van der Waals surface area contributed by atoms with E-state index in [1.807, 2.05) is 24.3 Å². The molecule has 2 amide bonds. The number of nitrogens with zero attached hydrogens (tertiary/aromatic N) is 1. The van der Waals surface area contributed by atoms with Crippen LogP contribution in [0.5, 0.6) is 5.75 Å². The van der Waals surface area contributed by atoms with Crippen molar-refractivity contribution in [1.29, 1.82) is 0 Å². The highest BCUT2D eigenvalue weighted by Crippen LogP contribution is 2.53. The van der Waals surface area contributed by atoms with Gasteiger partial charge in [0.15, 0.2) is 0 Å². The molecular weight excluding hydrogens is 302 g/mol. The van der Waals surface area contributed by atoms with Crippen LogP contribution in [0.2, 0.25) is 0 Å². The number of hydrogen-bond donors (Lipinski definition) is 0. The van der Waals surface area contributed by atoms with E-state index in [2.05, 4.69) is 19.1 Å². The summed E-state index contributed by atoms with van der Waals surface area (Å²) in [5.41, 5.74) is 0.666. The van der Waals surface area contributed by atoms with Gasteiger partial charge in [-0.15, -0.1) is 0 Å². The molecule has 0 aromatic heterocycles. The highest BCUT2D eigenvalue weighted by molar-refractivity contribution is 6.22. The van der Waals surface area contributed by atoms with Gasteiger partial charge in [0.1, 0.15) is 5.75 Å². The number of benzene rings is 1.